The molecule has 2 nitrogen and oxygen atoms in total. The smallest absolute Gasteiger partial charge is 0.0661 e. The molecular weight excluding hydrogens is 114 g/mol. The number of aliphatic hydroxyl groups excluding tert-OH is 1. The minimum atomic E-state index is -0.0930. The summed E-state index contributed by atoms with van der Waals surface area (Å²) in [6, 6.07) is 2.25. The summed E-state index contributed by atoms with van der Waals surface area (Å²) in [4.78, 5) is 0. The van der Waals surface area contributed by atoms with Crippen molar-refractivity contribution >= 4 is 0 Å². The molecule has 0 aromatic rings. The summed E-state index contributed by atoms with van der Waals surface area (Å²) >= 11 is 0. The van der Waals surface area contributed by atoms with E-state index in [1.165, 1.54) is 0 Å². The average molecular weight is 123 g/mol. The van der Waals surface area contributed by atoms with E-state index in [9.17, 15) is 0 Å². The fraction of sp³-hybridized carbons (Fsp3) is 0.857. The van der Waals surface area contributed by atoms with E-state index in [-0.39, 0.29) is 6.10 Å². The third-order valence-corrected chi connectivity index (χ3v) is 2.57. The van der Waals surface area contributed by atoms with Crippen LogP contribution >= 0.6 is 0 Å². The molecule has 2 aliphatic carbocycles. The number of hydrogen-bond acceptors (Lipinski definition) is 2. The zero-order valence-electron chi connectivity index (χ0n) is 5.12. The predicted octanol–water partition coefficient (Wildman–Crippen LogP) is 0.527. The van der Waals surface area contributed by atoms with Crippen molar-refractivity contribution in [1.29, 1.82) is 5.26 Å². The van der Waals surface area contributed by atoms with Gasteiger partial charge in [0.25, 0.3) is 0 Å². The lowest BCUT2D eigenvalue weighted by Crippen LogP contribution is -2.03. The summed E-state index contributed by atoms with van der Waals surface area (Å²) in [5.74, 6) is 1.42. The van der Waals surface area contributed by atoms with Gasteiger partial charge in [0.15, 0.2) is 0 Å². The lowest BCUT2D eigenvalue weighted by Gasteiger charge is -2.01. The van der Waals surface area contributed by atoms with Crippen LogP contribution in [0.1, 0.15) is 12.8 Å². The fourth-order valence-electron chi connectivity index (χ4n) is 2.00. The molecule has 2 unspecified atom stereocenters. The lowest BCUT2D eigenvalue weighted by atomic mass is 10.1. The Morgan fingerprint density at radius 3 is 2.33 bits per heavy atom. The van der Waals surface area contributed by atoms with Gasteiger partial charge in [-0.2, -0.15) is 5.26 Å². The Morgan fingerprint density at radius 2 is 1.89 bits per heavy atom. The van der Waals surface area contributed by atoms with Gasteiger partial charge in [-0.05, 0) is 24.7 Å². The zero-order chi connectivity index (χ0) is 6.43. The second kappa shape index (κ2) is 1.48. The average Bonchev–Trinajstić information content (AvgIpc) is 2.30. The molecular formula is C7H9NO. The number of fused-ring (bicyclic) bond motifs is 1. The first-order chi connectivity index (χ1) is 4.33. The van der Waals surface area contributed by atoms with Crippen molar-refractivity contribution in [2.24, 2.45) is 17.8 Å². The molecule has 2 rings (SSSR count). The summed E-state index contributed by atoms with van der Waals surface area (Å²) in [6.07, 6.45) is 1.66. The first-order valence-electron chi connectivity index (χ1n) is 3.40. The molecule has 9 heavy (non-hydrogen) atoms. The highest BCUT2D eigenvalue weighted by Crippen LogP contribution is 2.56. The van der Waals surface area contributed by atoms with Crippen molar-refractivity contribution < 1.29 is 5.11 Å². The van der Waals surface area contributed by atoms with Gasteiger partial charge in [-0.15, -0.1) is 0 Å². The molecule has 0 spiro atoms. The van der Waals surface area contributed by atoms with Crippen LogP contribution in [0.15, 0.2) is 0 Å². The third-order valence-electron chi connectivity index (χ3n) is 2.57. The van der Waals surface area contributed by atoms with Crippen molar-refractivity contribution in [3.63, 3.8) is 0 Å². The van der Waals surface area contributed by atoms with Crippen LogP contribution in [0.4, 0.5) is 0 Å². The van der Waals surface area contributed by atoms with Gasteiger partial charge in [-0.1, -0.05) is 0 Å². The molecule has 1 N–H and O–H groups in total. The summed E-state index contributed by atoms with van der Waals surface area (Å²) in [5.41, 5.74) is 0. The number of hydrogen-bond donors (Lipinski definition) is 1. The molecule has 2 heteroatoms. The van der Waals surface area contributed by atoms with E-state index in [0.29, 0.717) is 17.8 Å². The van der Waals surface area contributed by atoms with Crippen molar-refractivity contribution in [1.82, 2.24) is 0 Å². The number of nitrogens with zero attached hydrogens (tertiary/aromatic N) is 1. The topological polar surface area (TPSA) is 44.0 Å². The SMILES string of the molecule is N#CC1[C@H]2CC(O)C[C@@H]12. The zero-order valence-corrected chi connectivity index (χ0v) is 5.12. The molecule has 0 aromatic heterocycles. The Labute approximate surface area is 54.1 Å². The molecule has 2 fully saturated rings. The second-order valence-corrected chi connectivity index (χ2v) is 3.11. The fourth-order valence-corrected chi connectivity index (χ4v) is 2.00. The van der Waals surface area contributed by atoms with E-state index in [1.54, 1.807) is 0 Å². The standard InChI is InChI=1S/C7H9NO/c8-3-7-5-1-4(9)2-6(5)7/h4-7,9H,1-2H2/t4?,5-,6+,7?. The van der Waals surface area contributed by atoms with Crippen LogP contribution in [-0.4, -0.2) is 11.2 Å². The molecule has 0 aliphatic heterocycles. The minimum absolute atomic E-state index is 0.0930. The van der Waals surface area contributed by atoms with E-state index in [2.05, 4.69) is 6.07 Å². The summed E-state index contributed by atoms with van der Waals surface area (Å²) in [5, 5.41) is 17.5. The summed E-state index contributed by atoms with van der Waals surface area (Å²) in [6.45, 7) is 0. The molecule has 0 amide bonds. The van der Waals surface area contributed by atoms with Crippen LogP contribution in [0.25, 0.3) is 0 Å². The number of nitriles is 1. The first kappa shape index (κ1) is 5.25. The van der Waals surface area contributed by atoms with E-state index < -0.39 is 0 Å². The predicted molar refractivity (Wildman–Crippen MR) is 31.3 cm³/mol. The first-order valence-corrected chi connectivity index (χ1v) is 3.40. The Morgan fingerprint density at radius 1 is 1.33 bits per heavy atom. The molecule has 4 atom stereocenters. The molecule has 0 bridgehead atoms. The summed E-state index contributed by atoms with van der Waals surface area (Å²) < 4.78 is 0. The van der Waals surface area contributed by atoms with Gasteiger partial charge in [-0.3, -0.25) is 0 Å². The highest BCUT2D eigenvalue weighted by Gasteiger charge is 2.56. The maximum Gasteiger partial charge on any atom is 0.0661 e. The Hall–Kier alpha value is -0.550. The highest BCUT2D eigenvalue weighted by molar-refractivity contribution is 5.13. The molecule has 0 radical (unpaired) electrons. The lowest BCUT2D eigenvalue weighted by molar-refractivity contribution is 0.164. The van der Waals surface area contributed by atoms with E-state index in [0.717, 1.165) is 12.8 Å². The minimum Gasteiger partial charge on any atom is -0.393 e. The van der Waals surface area contributed by atoms with Gasteiger partial charge >= 0.3 is 0 Å². The van der Waals surface area contributed by atoms with Crippen molar-refractivity contribution in [3.05, 3.63) is 0 Å². The molecule has 2 aliphatic rings. The summed E-state index contributed by atoms with van der Waals surface area (Å²) in [7, 11) is 0. The van der Waals surface area contributed by atoms with Gasteiger partial charge in [-0.25, -0.2) is 0 Å². The third kappa shape index (κ3) is 0.585. The van der Waals surface area contributed by atoms with Crippen LogP contribution in [0.3, 0.4) is 0 Å². The molecule has 0 saturated heterocycles. The Balaban J connectivity index is 2.00. The Bertz CT molecular complexity index is 160. The van der Waals surface area contributed by atoms with Crippen molar-refractivity contribution in [2.75, 3.05) is 0 Å². The maximum atomic E-state index is 9.03. The van der Waals surface area contributed by atoms with Crippen LogP contribution in [0, 0.1) is 29.1 Å². The van der Waals surface area contributed by atoms with E-state index >= 15 is 0 Å². The van der Waals surface area contributed by atoms with Gasteiger partial charge in [0.05, 0.1) is 18.1 Å². The normalized spacial score (nSPS) is 54.2. The number of aliphatic hydroxyl groups is 1. The quantitative estimate of drug-likeness (QED) is 0.510. The van der Waals surface area contributed by atoms with Gasteiger partial charge in [0, 0.05) is 0 Å². The van der Waals surface area contributed by atoms with Crippen molar-refractivity contribution in [2.45, 2.75) is 18.9 Å². The van der Waals surface area contributed by atoms with Gasteiger partial charge < -0.3 is 5.11 Å². The number of rotatable bonds is 0. The van der Waals surface area contributed by atoms with Gasteiger partial charge in [0.1, 0.15) is 0 Å². The Kier molecular flexibility index (Phi) is 0.866. The monoisotopic (exact) mass is 123 g/mol. The molecule has 2 saturated carbocycles. The highest BCUT2D eigenvalue weighted by atomic mass is 16.3. The van der Waals surface area contributed by atoms with Crippen LogP contribution in [0.5, 0.6) is 0 Å². The van der Waals surface area contributed by atoms with Crippen molar-refractivity contribution in [3.8, 4) is 6.07 Å². The maximum absolute atomic E-state index is 9.03. The van der Waals surface area contributed by atoms with Crippen LogP contribution in [0.2, 0.25) is 0 Å². The van der Waals surface area contributed by atoms with Gasteiger partial charge in [0.2, 0.25) is 0 Å². The van der Waals surface area contributed by atoms with Crippen LogP contribution in [-0.2, 0) is 0 Å². The van der Waals surface area contributed by atoms with Crippen LogP contribution < -0.4 is 0 Å². The van der Waals surface area contributed by atoms with E-state index in [4.69, 9.17) is 10.4 Å². The van der Waals surface area contributed by atoms with E-state index in [1.807, 2.05) is 0 Å². The molecule has 0 aromatic carbocycles. The molecule has 48 valence electrons. The molecule has 0 heterocycles. The second-order valence-electron chi connectivity index (χ2n) is 3.11. The largest absolute Gasteiger partial charge is 0.393 e.